The molecule has 2 rings (SSSR count). The minimum Gasteiger partial charge on any atom is -0.496 e. The number of nitrogens with zero attached hydrogens (tertiary/aromatic N) is 3. The number of aliphatic hydroxyl groups is 1. The Bertz CT molecular complexity index is 571. The van der Waals surface area contributed by atoms with E-state index in [1.54, 1.807) is 30.0 Å². The number of rotatable bonds is 6. The van der Waals surface area contributed by atoms with Crippen molar-refractivity contribution in [2.45, 2.75) is 32.4 Å². The molecule has 108 valence electrons. The monoisotopic (exact) mass is 295 g/mol. The first-order chi connectivity index (χ1) is 9.67. The first kappa shape index (κ1) is 14.8. The molecule has 5 nitrogen and oxygen atoms in total. The Labute approximate surface area is 123 Å². The van der Waals surface area contributed by atoms with Crippen LogP contribution in [0.15, 0.2) is 24.5 Å². The van der Waals surface area contributed by atoms with Crippen molar-refractivity contribution in [2.24, 2.45) is 0 Å². The number of ether oxygens (including phenoxy) is 1. The summed E-state index contributed by atoms with van der Waals surface area (Å²) in [5.41, 5.74) is 0.586. The summed E-state index contributed by atoms with van der Waals surface area (Å²) < 4.78 is 7.06. The van der Waals surface area contributed by atoms with Gasteiger partial charge in [0.2, 0.25) is 0 Å². The van der Waals surface area contributed by atoms with E-state index in [1.807, 2.05) is 0 Å². The van der Waals surface area contributed by atoms with E-state index in [1.165, 1.54) is 6.33 Å². The van der Waals surface area contributed by atoms with Gasteiger partial charge >= 0.3 is 0 Å². The molecule has 6 heteroatoms. The predicted octanol–water partition coefficient (Wildman–Crippen LogP) is 2.63. The zero-order valence-corrected chi connectivity index (χ0v) is 12.3. The predicted molar refractivity (Wildman–Crippen MR) is 77.0 cm³/mol. The van der Waals surface area contributed by atoms with Crippen LogP contribution in [0.5, 0.6) is 5.75 Å². The van der Waals surface area contributed by atoms with Crippen LogP contribution < -0.4 is 4.74 Å². The fourth-order valence-electron chi connectivity index (χ4n) is 2.14. The molecule has 20 heavy (non-hydrogen) atoms. The molecule has 1 aromatic heterocycles. The standard InChI is InChI=1S/C14H18ClN3O2/c1-3-7-18-13(16-9-17-18)8-11(19)14-10(15)5-4-6-12(14)20-2/h4-6,9,11,19H,3,7-8H2,1-2H3. The molecular formula is C14H18ClN3O2. The first-order valence-corrected chi connectivity index (χ1v) is 6.92. The third-order valence-electron chi connectivity index (χ3n) is 3.07. The number of methoxy groups -OCH3 is 1. The number of aromatic nitrogens is 3. The van der Waals surface area contributed by atoms with Crippen molar-refractivity contribution in [3.05, 3.63) is 40.9 Å². The Morgan fingerprint density at radius 2 is 2.25 bits per heavy atom. The van der Waals surface area contributed by atoms with Crippen molar-refractivity contribution in [3.63, 3.8) is 0 Å². The van der Waals surface area contributed by atoms with Crippen LogP contribution in [-0.4, -0.2) is 27.0 Å². The molecule has 0 aliphatic heterocycles. The summed E-state index contributed by atoms with van der Waals surface area (Å²) >= 11 is 6.16. The van der Waals surface area contributed by atoms with E-state index >= 15 is 0 Å². The van der Waals surface area contributed by atoms with Gasteiger partial charge in [-0.15, -0.1) is 0 Å². The molecule has 0 saturated heterocycles. The molecular weight excluding hydrogens is 278 g/mol. The largest absolute Gasteiger partial charge is 0.496 e. The Kier molecular flexibility index (Phi) is 4.98. The average Bonchev–Trinajstić information content (AvgIpc) is 2.86. The molecule has 0 fully saturated rings. The van der Waals surface area contributed by atoms with Crippen molar-refractivity contribution in [1.82, 2.24) is 14.8 Å². The molecule has 1 N–H and O–H groups in total. The molecule has 0 aliphatic rings. The number of aryl methyl sites for hydroxylation is 1. The maximum atomic E-state index is 10.4. The highest BCUT2D eigenvalue weighted by Crippen LogP contribution is 2.33. The molecule has 0 amide bonds. The van der Waals surface area contributed by atoms with E-state index in [0.29, 0.717) is 22.8 Å². The van der Waals surface area contributed by atoms with Crippen molar-refractivity contribution in [3.8, 4) is 5.75 Å². The van der Waals surface area contributed by atoms with Crippen LogP contribution in [0, 0.1) is 0 Å². The van der Waals surface area contributed by atoms with Gasteiger partial charge in [0.25, 0.3) is 0 Å². The van der Waals surface area contributed by atoms with Gasteiger partial charge in [0.15, 0.2) is 0 Å². The van der Waals surface area contributed by atoms with Crippen LogP contribution in [0.4, 0.5) is 0 Å². The number of aliphatic hydroxyl groups excluding tert-OH is 1. The van der Waals surface area contributed by atoms with Gasteiger partial charge in [-0.2, -0.15) is 5.10 Å². The second kappa shape index (κ2) is 6.72. The molecule has 0 spiro atoms. The summed E-state index contributed by atoms with van der Waals surface area (Å²) in [6, 6.07) is 5.30. The van der Waals surface area contributed by atoms with Gasteiger partial charge in [0.05, 0.1) is 18.2 Å². The van der Waals surface area contributed by atoms with Crippen molar-refractivity contribution in [1.29, 1.82) is 0 Å². The van der Waals surface area contributed by atoms with E-state index in [-0.39, 0.29) is 0 Å². The van der Waals surface area contributed by atoms with Crippen molar-refractivity contribution < 1.29 is 9.84 Å². The lowest BCUT2D eigenvalue weighted by Crippen LogP contribution is -2.11. The van der Waals surface area contributed by atoms with Crippen LogP contribution in [-0.2, 0) is 13.0 Å². The minimum absolute atomic E-state index is 0.347. The maximum absolute atomic E-state index is 10.4. The first-order valence-electron chi connectivity index (χ1n) is 6.54. The average molecular weight is 296 g/mol. The molecule has 1 unspecified atom stereocenters. The molecule has 0 aliphatic carbocycles. The highest BCUT2D eigenvalue weighted by molar-refractivity contribution is 6.31. The van der Waals surface area contributed by atoms with Gasteiger partial charge < -0.3 is 9.84 Å². The van der Waals surface area contributed by atoms with Gasteiger partial charge in [-0.1, -0.05) is 24.6 Å². The Hall–Kier alpha value is -1.59. The van der Waals surface area contributed by atoms with E-state index in [2.05, 4.69) is 17.0 Å². The van der Waals surface area contributed by atoms with Crippen LogP contribution >= 0.6 is 11.6 Å². The highest BCUT2D eigenvalue weighted by atomic mass is 35.5. The SMILES string of the molecule is CCCn1ncnc1CC(O)c1c(Cl)cccc1OC. The Morgan fingerprint density at radius 3 is 2.95 bits per heavy atom. The Morgan fingerprint density at radius 1 is 1.45 bits per heavy atom. The van der Waals surface area contributed by atoms with Crippen LogP contribution in [0.3, 0.4) is 0 Å². The number of hydrogen-bond acceptors (Lipinski definition) is 4. The summed E-state index contributed by atoms with van der Waals surface area (Å²) in [5.74, 6) is 1.31. The normalized spacial score (nSPS) is 12.4. The zero-order chi connectivity index (χ0) is 14.5. The molecule has 0 radical (unpaired) electrons. The number of benzene rings is 1. The van der Waals surface area contributed by atoms with Crippen molar-refractivity contribution in [2.75, 3.05) is 7.11 Å². The third kappa shape index (κ3) is 3.11. The van der Waals surface area contributed by atoms with E-state index in [0.717, 1.165) is 18.8 Å². The van der Waals surface area contributed by atoms with Crippen LogP contribution in [0.25, 0.3) is 0 Å². The molecule has 0 bridgehead atoms. The topological polar surface area (TPSA) is 60.2 Å². The fourth-order valence-corrected chi connectivity index (χ4v) is 2.43. The molecule has 1 aromatic carbocycles. The molecule has 0 saturated carbocycles. The third-order valence-corrected chi connectivity index (χ3v) is 3.40. The quantitative estimate of drug-likeness (QED) is 0.890. The van der Waals surface area contributed by atoms with Gasteiger partial charge in [0.1, 0.15) is 17.9 Å². The number of hydrogen-bond donors (Lipinski definition) is 1. The molecule has 1 atom stereocenters. The summed E-state index contributed by atoms with van der Waals surface area (Å²) in [5, 5.41) is 15.1. The summed E-state index contributed by atoms with van der Waals surface area (Å²) in [6.07, 6.45) is 2.03. The van der Waals surface area contributed by atoms with Gasteiger partial charge in [-0.3, -0.25) is 4.68 Å². The van der Waals surface area contributed by atoms with Crippen LogP contribution in [0.1, 0.15) is 30.8 Å². The lowest BCUT2D eigenvalue weighted by Gasteiger charge is -2.16. The smallest absolute Gasteiger partial charge is 0.138 e. The fraction of sp³-hybridized carbons (Fsp3) is 0.429. The second-order valence-corrected chi connectivity index (χ2v) is 4.88. The maximum Gasteiger partial charge on any atom is 0.138 e. The summed E-state index contributed by atoms with van der Waals surface area (Å²) in [6.45, 7) is 2.85. The minimum atomic E-state index is -0.779. The second-order valence-electron chi connectivity index (χ2n) is 4.48. The van der Waals surface area contributed by atoms with E-state index in [9.17, 15) is 5.11 Å². The summed E-state index contributed by atoms with van der Waals surface area (Å²) in [4.78, 5) is 4.19. The lowest BCUT2D eigenvalue weighted by molar-refractivity contribution is 0.169. The van der Waals surface area contributed by atoms with Gasteiger partial charge in [0, 0.05) is 18.5 Å². The molecule has 2 aromatic rings. The van der Waals surface area contributed by atoms with Crippen LogP contribution in [0.2, 0.25) is 5.02 Å². The molecule has 1 heterocycles. The van der Waals surface area contributed by atoms with E-state index < -0.39 is 6.10 Å². The highest BCUT2D eigenvalue weighted by Gasteiger charge is 2.19. The van der Waals surface area contributed by atoms with Crippen molar-refractivity contribution >= 4 is 11.6 Å². The van der Waals surface area contributed by atoms with Gasteiger partial charge in [-0.05, 0) is 18.6 Å². The number of halogens is 1. The zero-order valence-electron chi connectivity index (χ0n) is 11.6. The van der Waals surface area contributed by atoms with Gasteiger partial charge in [-0.25, -0.2) is 4.98 Å². The Balaban J connectivity index is 2.24. The lowest BCUT2D eigenvalue weighted by atomic mass is 10.0. The summed E-state index contributed by atoms with van der Waals surface area (Å²) in [7, 11) is 1.56. The van der Waals surface area contributed by atoms with E-state index in [4.69, 9.17) is 16.3 Å².